The van der Waals surface area contributed by atoms with Crippen molar-refractivity contribution >= 4 is 28.6 Å². The maximum absolute atomic E-state index is 12.1. The molecule has 0 saturated heterocycles. The van der Waals surface area contributed by atoms with E-state index in [0.717, 1.165) is 0 Å². The lowest BCUT2D eigenvalue weighted by atomic mass is 10.1. The number of aryl methyl sites for hydroxylation is 1. The van der Waals surface area contributed by atoms with E-state index in [1.807, 2.05) is 0 Å². The fourth-order valence-electron chi connectivity index (χ4n) is 2.22. The Morgan fingerprint density at radius 1 is 1.55 bits per heavy atom. The van der Waals surface area contributed by atoms with Crippen molar-refractivity contribution in [3.63, 3.8) is 0 Å². The third kappa shape index (κ3) is 2.05. The van der Waals surface area contributed by atoms with E-state index in [4.69, 9.17) is 4.74 Å². The Labute approximate surface area is 115 Å². The number of carbonyl (C=O) groups is 1. The second kappa shape index (κ2) is 5.16. The molecule has 0 aliphatic rings. The summed E-state index contributed by atoms with van der Waals surface area (Å²) in [5.41, 5.74) is 1.54. The zero-order chi connectivity index (χ0) is 14.9. The predicted molar refractivity (Wildman–Crippen MR) is 75.6 cm³/mol. The van der Waals surface area contributed by atoms with Gasteiger partial charge in [-0.1, -0.05) is 6.58 Å². The van der Waals surface area contributed by atoms with Gasteiger partial charge >= 0.3 is 5.97 Å². The fourth-order valence-corrected chi connectivity index (χ4v) is 2.22. The number of esters is 1. The Morgan fingerprint density at radius 3 is 2.80 bits per heavy atom. The van der Waals surface area contributed by atoms with Crippen LogP contribution >= 0.6 is 0 Å². The van der Waals surface area contributed by atoms with Gasteiger partial charge in [-0.25, -0.2) is 4.79 Å². The van der Waals surface area contributed by atoms with E-state index in [0.29, 0.717) is 22.2 Å². The van der Waals surface area contributed by atoms with E-state index in [9.17, 15) is 14.9 Å². The third-order valence-corrected chi connectivity index (χ3v) is 3.11. The summed E-state index contributed by atoms with van der Waals surface area (Å²) in [6.45, 7) is 5.63. The van der Waals surface area contributed by atoms with Crippen molar-refractivity contribution < 1.29 is 14.5 Å². The molecule has 0 atom stereocenters. The normalized spacial score (nSPS) is 10.5. The van der Waals surface area contributed by atoms with Crippen LogP contribution in [0, 0.1) is 10.1 Å². The van der Waals surface area contributed by atoms with Crippen LogP contribution in [-0.4, -0.2) is 22.1 Å². The van der Waals surface area contributed by atoms with Crippen molar-refractivity contribution in [1.82, 2.24) is 4.57 Å². The number of nitro benzene ring substituents is 1. The third-order valence-electron chi connectivity index (χ3n) is 3.11. The number of non-ortho nitro benzene ring substituents is 1. The minimum absolute atomic E-state index is 0.0655. The smallest absolute Gasteiger partial charge is 0.340 e. The fraction of sp³-hybridized carbons (Fsp3) is 0.214. The number of rotatable bonds is 4. The molecule has 1 heterocycles. The molecule has 0 saturated carbocycles. The summed E-state index contributed by atoms with van der Waals surface area (Å²) in [5, 5.41) is 11.4. The van der Waals surface area contributed by atoms with E-state index in [-0.39, 0.29) is 12.3 Å². The summed E-state index contributed by atoms with van der Waals surface area (Å²) in [5.74, 6) is -0.506. The van der Waals surface area contributed by atoms with Gasteiger partial charge in [0.1, 0.15) is 0 Å². The molecule has 0 aliphatic heterocycles. The lowest BCUT2D eigenvalue weighted by Crippen LogP contribution is -2.06. The van der Waals surface area contributed by atoms with Crippen LogP contribution in [0.1, 0.15) is 23.0 Å². The Bertz CT molecular complexity index is 716. The molecule has 6 heteroatoms. The first-order valence-electron chi connectivity index (χ1n) is 6.07. The quantitative estimate of drug-likeness (QED) is 0.488. The Hall–Kier alpha value is -2.63. The van der Waals surface area contributed by atoms with Gasteiger partial charge in [0, 0.05) is 30.1 Å². The highest BCUT2D eigenvalue weighted by molar-refractivity contribution is 6.08. The number of carbonyl (C=O) groups excluding carboxylic acids is 1. The average Bonchev–Trinajstić information content (AvgIpc) is 2.71. The summed E-state index contributed by atoms with van der Waals surface area (Å²) in [6.07, 6.45) is 1.54. The van der Waals surface area contributed by atoms with Gasteiger partial charge in [-0.15, -0.1) is 0 Å². The number of fused-ring (bicyclic) bond motifs is 1. The zero-order valence-corrected chi connectivity index (χ0v) is 11.3. The summed E-state index contributed by atoms with van der Waals surface area (Å²) >= 11 is 0. The number of ether oxygens (including phenoxy) is 1. The number of hydrogen-bond donors (Lipinski definition) is 0. The topological polar surface area (TPSA) is 74.4 Å². The highest BCUT2D eigenvalue weighted by Gasteiger charge is 2.22. The first-order valence-corrected chi connectivity index (χ1v) is 6.07. The molecule has 6 nitrogen and oxygen atoms in total. The van der Waals surface area contributed by atoms with E-state index in [2.05, 4.69) is 6.58 Å². The molecule has 104 valence electrons. The lowest BCUT2D eigenvalue weighted by Gasteiger charge is -2.02. The van der Waals surface area contributed by atoms with E-state index in [1.165, 1.54) is 18.2 Å². The van der Waals surface area contributed by atoms with Gasteiger partial charge in [-0.3, -0.25) is 10.1 Å². The van der Waals surface area contributed by atoms with Crippen LogP contribution in [-0.2, 0) is 11.8 Å². The maximum atomic E-state index is 12.1. The minimum atomic E-state index is -0.506. The van der Waals surface area contributed by atoms with Crippen molar-refractivity contribution in [3.8, 4) is 0 Å². The first-order chi connectivity index (χ1) is 9.51. The van der Waals surface area contributed by atoms with Gasteiger partial charge in [0.15, 0.2) is 0 Å². The van der Waals surface area contributed by atoms with Crippen molar-refractivity contribution in [2.45, 2.75) is 6.92 Å². The van der Waals surface area contributed by atoms with Crippen molar-refractivity contribution in [1.29, 1.82) is 0 Å². The van der Waals surface area contributed by atoms with Crippen LogP contribution < -0.4 is 0 Å². The molecule has 0 radical (unpaired) electrons. The highest BCUT2D eigenvalue weighted by atomic mass is 16.6. The number of nitro groups is 1. The average molecular weight is 274 g/mol. The highest BCUT2D eigenvalue weighted by Crippen LogP contribution is 2.30. The zero-order valence-electron chi connectivity index (χ0n) is 11.3. The Morgan fingerprint density at radius 2 is 2.25 bits per heavy atom. The maximum Gasteiger partial charge on any atom is 0.340 e. The summed E-state index contributed by atoms with van der Waals surface area (Å²) in [7, 11) is 1.77. The number of benzene rings is 1. The van der Waals surface area contributed by atoms with Crippen LogP contribution in [0.2, 0.25) is 0 Å². The second-order valence-corrected chi connectivity index (χ2v) is 4.20. The predicted octanol–water partition coefficient (Wildman–Crippen LogP) is 2.91. The molecule has 1 aromatic carbocycles. The van der Waals surface area contributed by atoms with Gasteiger partial charge in [0.05, 0.1) is 22.8 Å². The Kier molecular flexibility index (Phi) is 3.56. The molecule has 2 rings (SSSR count). The van der Waals surface area contributed by atoms with E-state index in [1.54, 1.807) is 24.6 Å². The Balaban J connectivity index is 2.80. The van der Waals surface area contributed by atoms with Crippen molar-refractivity contribution in [2.75, 3.05) is 6.61 Å². The molecule has 0 fully saturated rings. The van der Waals surface area contributed by atoms with Gasteiger partial charge in [-0.2, -0.15) is 0 Å². The molecule has 0 spiro atoms. The number of aromatic nitrogens is 1. The van der Waals surface area contributed by atoms with E-state index < -0.39 is 10.9 Å². The monoisotopic (exact) mass is 274 g/mol. The van der Waals surface area contributed by atoms with E-state index >= 15 is 0 Å². The first kappa shape index (κ1) is 13.8. The van der Waals surface area contributed by atoms with Gasteiger partial charge in [0.25, 0.3) is 5.69 Å². The molecule has 1 aromatic heterocycles. The molecule has 0 aliphatic carbocycles. The molecule has 0 unspecified atom stereocenters. The summed E-state index contributed by atoms with van der Waals surface area (Å²) in [4.78, 5) is 22.5. The standard InChI is InChI=1S/C14H14N2O4/c1-4-11-13(14(17)20-5-2)10-8-9(16(18)19)6-7-12(10)15(11)3/h4,6-8H,1,5H2,2-3H3. The molecular weight excluding hydrogens is 260 g/mol. The van der Waals surface area contributed by atoms with Crippen molar-refractivity contribution in [3.05, 3.63) is 46.1 Å². The largest absolute Gasteiger partial charge is 0.462 e. The van der Waals surface area contributed by atoms with Crippen molar-refractivity contribution in [2.24, 2.45) is 7.05 Å². The molecule has 2 aromatic rings. The summed E-state index contributed by atoms with van der Waals surface area (Å²) in [6, 6.07) is 4.40. The minimum Gasteiger partial charge on any atom is -0.462 e. The number of nitrogens with zero attached hydrogens (tertiary/aromatic N) is 2. The molecule has 0 amide bonds. The molecule has 0 bridgehead atoms. The van der Waals surface area contributed by atoms with Gasteiger partial charge in [-0.05, 0) is 19.1 Å². The SMILES string of the molecule is C=Cc1c(C(=O)OCC)c2cc([N+](=O)[O-])ccc2n1C. The second-order valence-electron chi connectivity index (χ2n) is 4.20. The van der Waals surface area contributed by atoms with Gasteiger partial charge < -0.3 is 9.30 Å². The summed E-state index contributed by atoms with van der Waals surface area (Å²) < 4.78 is 6.78. The molecular formula is C14H14N2O4. The number of hydrogen-bond acceptors (Lipinski definition) is 4. The van der Waals surface area contributed by atoms with Crippen LogP contribution in [0.25, 0.3) is 17.0 Å². The molecule has 0 N–H and O–H groups in total. The van der Waals surface area contributed by atoms with Crippen LogP contribution in [0.15, 0.2) is 24.8 Å². The van der Waals surface area contributed by atoms with Gasteiger partial charge in [0.2, 0.25) is 0 Å². The lowest BCUT2D eigenvalue weighted by molar-refractivity contribution is -0.384. The van der Waals surface area contributed by atoms with Crippen LogP contribution in [0.5, 0.6) is 0 Å². The molecule has 20 heavy (non-hydrogen) atoms. The van der Waals surface area contributed by atoms with Crippen LogP contribution in [0.4, 0.5) is 5.69 Å². The van der Waals surface area contributed by atoms with Crippen LogP contribution in [0.3, 0.4) is 0 Å².